The largest absolute Gasteiger partial charge is 0.496 e. The van der Waals surface area contributed by atoms with Gasteiger partial charge in [-0.15, -0.1) is 0 Å². The number of hydrogen-bond donors (Lipinski definition) is 1. The third kappa shape index (κ3) is 4.71. The normalized spacial score (nSPS) is 18.5. The van der Waals surface area contributed by atoms with Gasteiger partial charge in [0, 0.05) is 12.1 Å². The fraction of sp³-hybridized carbons (Fsp3) is 0.632. The first kappa shape index (κ1) is 20.6. The summed E-state index contributed by atoms with van der Waals surface area (Å²) in [6.45, 7) is 13.8. The highest BCUT2D eigenvalue weighted by Crippen LogP contribution is 2.36. The van der Waals surface area contributed by atoms with E-state index in [9.17, 15) is 4.79 Å². The molecule has 1 heterocycles. The van der Waals surface area contributed by atoms with E-state index < -0.39 is 30.0 Å². The van der Waals surface area contributed by atoms with Crippen molar-refractivity contribution in [3.05, 3.63) is 23.8 Å². The first-order valence-electron chi connectivity index (χ1n) is 8.84. The van der Waals surface area contributed by atoms with Gasteiger partial charge < -0.3 is 24.1 Å². The number of rotatable bonds is 4. The number of alkyl carbamates (subject to hydrolysis) is 1. The third-order valence-corrected chi connectivity index (χ3v) is 4.65. The molecule has 1 aromatic rings. The molecule has 0 bridgehead atoms. The highest BCUT2D eigenvalue weighted by molar-refractivity contribution is 6.62. The summed E-state index contributed by atoms with van der Waals surface area (Å²) in [4.78, 5) is 11.9. The molecule has 1 N–H and O–H groups in total. The smallest absolute Gasteiger partial charge is 0.494 e. The van der Waals surface area contributed by atoms with Gasteiger partial charge in [0.25, 0.3) is 0 Å². The van der Waals surface area contributed by atoms with E-state index in [4.69, 9.17) is 18.8 Å². The Labute approximate surface area is 156 Å². The van der Waals surface area contributed by atoms with E-state index in [0.717, 1.165) is 11.0 Å². The fourth-order valence-electron chi connectivity index (χ4n) is 2.54. The van der Waals surface area contributed by atoms with Crippen LogP contribution in [-0.4, -0.2) is 37.1 Å². The SMILES string of the molecule is COc1ccc(B2OC(C)(C)C(C)(C)O2)cc1CNC(=O)OC(C)(C)C. The number of carbonyl (C=O) groups excluding carboxylic acids is 1. The number of benzene rings is 1. The van der Waals surface area contributed by atoms with Crippen LogP contribution in [0.15, 0.2) is 18.2 Å². The summed E-state index contributed by atoms with van der Waals surface area (Å²) in [6.07, 6.45) is -0.472. The van der Waals surface area contributed by atoms with Crippen LogP contribution in [-0.2, 0) is 20.6 Å². The van der Waals surface area contributed by atoms with E-state index in [2.05, 4.69) is 5.32 Å². The highest BCUT2D eigenvalue weighted by atomic mass is 16.7. The van der Waals surface area contributed by atoms with Crippen LogP contribution in [0.4, 0.5) is 4.79 Å². The minimum absolute atomic E-state index is 0.283. The van der Waals surface area contributed by atoms with Crippen molar-refractivity contribution in [1.29, 1.82) is 0 Å². The van der Waals surface area contributed by atoms with Crippen molar-refractivity contribution < 1.29 is 23.6 Å². The average Bonchev–Trinajstić information content (AvgIpc) is 2.71. The molecule has 1 saturated heterocycles. The van der Waals surface area contributed by atoms with E-state index in [1.54, 1.807) is 7.11 Å². The number of methoxy groups -OCH3 is 1. The number of carbonyl (C=O) groups is 1. The minimum atomic E-state index is -0.543. The molecule has 0 radical (unpaired) electrons. The first-order valence-corrected chi connectivity index (χ1v) is 8.84. The maximum Gasteiger partial charge on any atom is 0.494 e. The standard InChI is InChI=1S/C19H30BNO5/c1-17(2,3)24-16(22)21-12-13-11-14(9-10-15(13)23-8)20-25-18(4,5)19(6,7)26-20/h9-11H,12H2,1-8H3,(H,21,22). The molecule has 1 amide bonds. The number of hydrogen-bond acceptors (Lipinski definition) is 5. The molecule has 1 aliphatic rings. The monoisotopic (exact) mass is 363 g/mol. The Bertz CT molecular complexity index is 650. The Morgan fingerprint density at radius 3 is 2.23 bits per heavy atom. The van der Waals surface area contributed by atoms with Gasteiger partial charge in [0.15, 0.2) is 0 Å². The lowest BCUT2D eigenvalue weighted by Gasteiger charge is -2.32. The Morgan fingerprint density at radius 1 is 1.15 bits per heavy atom. The lowest BCUT2D eigenvalue weighted by Crippen LogP contribution is -2.41. The molecule has 6 nitrogen and oxygen atoms in total. The van der Waals surface area contributed by atoms with Crippen molar-refractivity contribution in [1.82, 2.24) is 5.32 Å². The predicted molar refractivity (Wildman–Crippen MR) is 102 cm³/mol. The van der Waals surface area contributed by atoms with Crippen LogP contribution in [0.3, 0.4) is 0 Å². The number of amides is 1. The molecule has 26 heavy (non-hydrogen) atoms. The van der Waals surface area contributed by atoms with E-state index in [1.165, 1.54) is 0 Å². The zero-order valence-electron chi connectivity index (χ0n) is 17.1. The Morgan fingerprint density at radius 2 is 1.73 bits per heavy atom. The maximum absolute atomic E-state index is 11.9. The molecule has 0 saturated carbocycles. The molecule has 7 heteroatoms. The summed E-state index contributed by atoms with van der Waals surface area (Å²) in [7, 11) is 1.13. The Kier molecular flexibility index (Phi) is 5.64. The van der Waals surface area contributed by atoms with Crippen LogP contribution >= 0.6 is 0 Å². The van der Waals surface area contributed by atoms with Crippen molar-refractivity contribution in [2.24, 2.45) is 0 Å². The van der Waals surface area contributed by atoms with Gasteiger partial charge >= 0.3 is 13.2 Å². The fourth-order valence-corrected chi connectivity index (χ4v) is 2.54. The van der Waals surface area contributed by atoms with Crippen molar-refractivity contribution in [2.75, 3.05) is 7.11 Å². The van der Waals surface area contributed by atoms with Gasteiger partial charge in [-0.05, 0) is 60.0 Å². The lowest BCUT2D eigenvalue weighted by molar-refractivity contribution is 0.00578. The summed E-state index contributed by atoms with van der Waals surface area (Å²) >= 11 is 0. The van der Waals surface area contributed by atoms with Crippen molar-refractivity contribution in [3.8, 4) is 5.75 Å². The summed E-state index contributed by atoms with van der Waals surface area (Å²) in [5.74, 6) is 0.682. The molecule has 1 aromatic carbocycles. The molecule has 0 unspecified atom stereocenters. The summed E-state index contributed by atoms with van der Waals surface area (Å²) in [5.41, 5.74) is 0.341. The highest BCUT2D eigenvalue weighted by Gasteiger charge is 2.51. The maximum atomic E-state index is 11.9. The molecule has 2 rings (SSSR count). The Balaban J connectivity index is 2.15. The predicted octanol–water partition coefficient (Wildman–Crippen LogP) is 3.02. The second kappa shape index (κ2) is 7.12. The van der Waals surface area contributed by atoms with Gasteiger partial charge in [0.2, 0.25) is 0 Å². The minimum Gasteiger partial charge on any atom is -0.496 e. The van der Waals surface area contributed by atoms with Crippen LogP contribution in [0.25, 0.3) is 0 Å². The van der Waals surface area contributed by atoms with Gasteiger partial charge in [0.1, 0.15) is 11.4 Å². The van der Waals surface area contributed by atoms with Gasteiger partial charge in [0.05, 0.1) is 18.3 Å². The molecular weight excluding hydrogens is 333 g/mol. The van der Waals surface area contributed by atoms with E-state index in [-0.39, 0.29) is 6.54 Å². The number of ether oxygens (including phenoxy) is 2. The summed E-state index contributed by atoms with van der Waals surface area (Å²) in [5, 5.41) is 2.76. The molecular formula is C19H30BNO5. The zero-order valence-corrected chi connectivity index (χ0v) is 17.1. The first-order chi connectivity index (χ1) is 11.8. The van der Waals surface area contributed by atoms with Gasteiger partial charge in [-0.1, -0.05) is 12.1 Å². The molecule has 0 atom stereocenters. The van der Waals surface area contributed by atoms with Gasteiger partial charge in [-0.25, -0.2) is 4.79 Å². The second-order valence-electron chi connectivity index (χ2n) is 8.51. The quantitative estimate of drug-likeness (QED) is 0.833. The molecule has 0 aliphatic carbocycles. The topological polar surface area (TPSA) is 66.0 Å². The summed E-state index contributed by atoms with van der Waals surface area (Å²) in [6, 6.07) is 5.70. The third-order valence-electron chi connectivity index (χ3n) is 4.65. The van der Waals surface area contributed by atoms with Crippen LogP contribution in [0.1, 0.15) is 54.0 Å². The van der Waals surface area contributed by atoms with Crippen molar-refractivity contribution in [2.45, 2.75) is 71.8 Å². The summed E-state index contributed by atoms with van der Waals surface area (Å²) < 4.78 is 22.9. The van der Waals surface area contributed by atoms with Crippen molar-refractivity contribution in [3.63, 3.8) is 0 Å². The molecule has 0 aromatic heterocycles. The molecule has 144 valence electrons. The van der Waals surface area contributed by atoms with E-state index >= 15 is 0 Å². The lowest BCUT2D eigenvalue weighted by atomic mass is 9.78. The molecule has 1 fully saturated rings. The van der Waals surface area contributed by atoms with Gasteiger partial charge in [-0.2, -0.15) is 0 Å². The number of nitrogens with one attached hydrogen (secondary N) is 1. The van der Waals surface area contributed by atoms with Crippen LogP contribution < -0.4 is 15.5 Å². The van der Waals surface area contributed by atoms with Crippen molar-refractivity contribution >= 4 is 18.7 Å². The average molecular weight is 363 g/mol. The van der Waals surface area contributed by atoms with E-state index in [1.807, 2.05) is 66.7 Å². The molecule has 0 spiro atoms. The van der Waals surface area contributed by atoms with Gasteiger partial charge in [-0.3, -0.25) is 0 Å². The second-order valence-corrected chi connectivity index (χ2v) is 8.51. The van der Waals surface area contributed by atoms with Crippen LogP contribution in [0.5, 0.6) is 5.75 Å². The molecule has 1 aliphatic heterocycles. The van der Waals surface area contributed by atoms with E-state index in [0.29, 0.717) is 5.75 Å². The zero-order chi connectivity index (χ0) is 19.8. The van der Waals surface area contributed by atoms with Crippen LogP contribution in [0, 0.1) is 0 Å². The van der Waals surface area contributed by atoms with Crippen LogP contribution in [0.2, 0.25) is 0 Å². The Hall–Kier alpha value is -1.73.